The Balaban J connectivity index is 2.04. The second-order valence-electron chi connectivity index (χ2n) is 5.20. The molecule has 1 aromatic heterocycles. The first-order valence-corrected chi connectivity index (χ1v) is 7.46. The summed E-state index contributed by atoms with van der Waals surface area (Å²) in [7, 11) is 0. The monoisotopic (exact) mass is 259 g/mol. The second-order valence-corrected chi connectivity index (χ2v) is 5.20. The average Bonchev–Trinajstić information content (AvgIpc) is 2.76. The molecule has 2 rings (SSSR count). The molecule has 1 aromatic carbocycles. The highest BCUT2D eigenvalue weighted by molar-refractivity contribution is 5.75. The summed E-state index contributed by atoms with van der Waals surface area (Å²) in [4.78, 5) is 4.75. The van der Waals surface area contributed by atoms with Crippen LogP contribution in [0.3, 0.4) is 0 Å². The zero-order valence-corrected chi connectivity index (χ0v) is 12.1. The van der Waals surface area contributed by atoms with Gasteiger partial charge in [-0.15, -0.1) is 0 Å². The van der Waals surface area contributed by atoms with Gasteiger partial charge in [0.05, 0.1) is 11.0 Å². The second kappa shape index (κ2) is 6.71. The van der Waals surface area contributed by atoms with E-state index in [-0.39, 0.29) is 0 Å². The van der Waals surface area contributed by atoms with Crippen molar-refractivity contribution in [1.29, 1.82) is 0 Å². The predicted molar refractivity (Wildman–Crippen MR) is 81.2 cm³/mol. The lowest BCUT2D eigenvalue weighted by atomic mass is 10.1. The van der Waals surface area contributed by atoms with Gasteiger partial charge in [-0.2, -0.15) is 0 Å². The van der Waals surface area contributed by atoms with Crippen molar-refractivity contribution < 1.29 is 0 Å². The third kappa shape index (κ3) is 3.35. The summed E-state index contributed by atoms with van der Waals surface area (Å²) < 4.78 is 2.32. The molecule has 0 aliphatic heterocycles. The molecular formula is C16H25N3. The lowest BCUT2D eigenvalue weighted by Gasteiger charge is -2.10. The number of aromatic nitrogens is 2. The molecule has 1 heterocycles. The van der Waals surface area contributed by atoms with E-state index >= 15 is 0 Å². The van der Waals surface area contributed by atoms with E-state index in [0.29, 0.717) is 6.04 Å². The first kappa shape index (κ1) is 14.1. The highest BCUT2D eigenvalue weighted by Crippen LogP contribution is 2.17. The maximum atomic E-state index is 6.07. The number of hydrogen-bond donors (Lipinski definition) is 1. The van der Waals surface area contributed by atoms with E-state index in [1.165, 1.54) is 17.8 Å². The molecule has 0 amide bonds. The van der Waals surface area contributed by atoms with Crippen molar-refractivity contribution in [2.24, 2.45) is 5.73 Å². The maximum Gasteiger partial charge on any atom is 0.109 e. The first-order valence-electron chi connectivity index (χ1n) is 7.46. The molecule has 3 nitrogen and oxygen atoms in total. The van der Waals surface area contributed by atoms with Gasteiger partial charge in [0.15, 0.2) is 0 Å². The van der Waals surface area contributed by atoms with Crippen molar-refractivity contribution in [2.45, 2.75) is 58.5 Å². The summed E-state index contributed by atoms with van der Waals surface area (Å²) in [6, 6.07) is 8.73. The summed E-state index contributed by atoms with van der Waals surface area (Å²) in [5.41, 5.74) is 8.42. The Kier molecular flexibility index (Phi) is 4.97. The van der Waals surface area contributed by atoms with Crippen LogP contribution >= 0.6 is 0 Å². The van der Waals surface area contributed by atoms with Gasteiger partial charge >= 0.3 is 0 Å². The van der Waals surface area contributed by atoms with Gasteiger partial charge in [-0.25, -0.2) is 4.98 Å². The summed E-state index contributed by atoms with van der Waals surface area (Å²) in [5.74, 6) is 1.20. The SMILES string of the molecule is CCCC(N)CCCc1nc2ccccc2n1CC. The largest absolute Gasteiger partial charge is 0.328 e. The lowest BCUT2D eigenvalue weighted by Crippen LogP contribution is -2.19. The van der Waals surface area contributed by atoms with Gasteiger partial charge in [0.2, 0.25) is 0 Å². The van der Waals surface area contributed by atoms with Gasteiger partial charge in [-0.3, -0.25) is 0 Å². The number of rotatable bonds is 7. The molecular weight excluding hydrogens is 234 g/mol. The Bertz CT molecular complexity index is 516. The number of nitrogens with two attached hydrogens (primary N) is 1. The zero-order chi connectivity index (χ0) is 13.7. The van der Waals surface area contributed by atoms with Gasteiger partial charge in [0, 0.05) is 19.0 Å². The van der Waals surface area contributed by atoms with Crippen LogP contribution in [-0.2, 0) is 13.0 Å². The van der Waals surface area contributed by atoms with Gasteiger partial charge in [-0.1, -0.05) is 25.5 Å². The van der Waals surface area contributed by atoms with Gasteiger partial charge in [-0.05, 0) is 38.3 Å². The van der Waals surface area contributed by atoms with Crippen LogP contribution in [0.5, 0.6) is 0 Å². The topological polar surface area (TPSA) is 43.8 Å². The number of hydrogen-bond acceptors (Lipinski definition) is 2. The van der Waals surface area contributed by atoms with Crippen molar-refractivity contribution in [3.05, 3.63) is 30.1 Å². The van der Waals surface area contributed by atoms with Crippen LogP contribution < -0.4 is 5.73 Å². The smallest absolute Gasteiger partial charge is 0.109 e. The Hall–Kier alpha value is -1.35. The quantitative estimate of drug-likeness (QED) is 0.827. The summed E-state index contributed by atoms with van der Waals surface area (Å²) >= 11 is 0. The molecule has 0 radical (unpaired) electrons. The molecule has 2 aromatic rings. The van der Waals surface area contributed by atoms with Crippen molar-refractivity contribution >= 4 is 11.0 Å². The zero-order valence-electron chi connectivity index (χ0n) is 12.1. The number of nitrogens with zero attached hydrogens (tertiary/aromatic N) is 2. The van der Waals surface area contributed by atoms with Gasteiger partial charge in [0.25, 0.3) is 0 Å². The molecule has 0 aliphatic carbocycles. The van der Waals surface area contributed by atoms with Crippen LogP contribution in [0.15, 0.2) is 24.3 Å². The van der Waals surface area contributed by atoms with E-state index in [4.69, 9.17) is 10.7 Å². The van der Waals surface area contributed by atoms with Crippen molar-refractivity contribution in [3.63, 3.8) is 0 Å². The predicted octanol–water partition coefficient (Wildman–Crippen LogP) is 3.51. The number of para-hydroxylation sites is 2. The standard InChI is InChI=1S/C16H25N3/c1-3-8-13(17)9-7-12-16-18-14-10-5-6-11-15(14)19(16)4-2/h5-6,10-11,13H,3-4,7-9,12,17H2,1-2H3. The molecule has 0 spiro atoms. The fourth-order valence-corrected chi connectivity index (χ4v) is 2.71. The van der Waals surface area contributed by atoms with Crippen LogP contribution in [0, 0.1) is 0 Å². The Morgan fingerprint density at radius 3 is 2.74 bits per heavy atom. The fraction of sp³-hybridized carbons (Fsp3) is 0.562. The number of aryl methyl sites for hydroxylation is 2. The van der Waals surface area contributed by atoms with Gasteiger partial charge in [0.1, 0.15) is 5.82 Å². The molecule has 3 heteroatoms. The minimum Gasteiger partial charge on any atom is -0.328 e. The molecule has 1 atom stereocenters. The molecule has 19 heavy (non-hydrogen) atoms. The molecule has 0 bridgehead atoms. The number of imidazole rings is 1. The first-order chi connectivity index (χ1) is 9.26. The third-order valence-electron chi connectivity index (χ3n) is 3.68. The van der Waals surface area contributed by atoms with E-state index in [2.05, 4.69) is 42.7 Å². The minimum absolute atomic E-state index is 0.351. The highest BCUT2D eigenvalue weighted by atomic mass is 15.1. The minimum atomic E-state index is 0.351. The Morgan fingerprint density at radius 2 is 2.00 bits per heavy atom. The molecule has 2 N–H and O–H groups in total. The number of benzene rings is 1. The van der Waals surface area contributed by atoms with E-state index < -0.39 is 0 Å². The number of fused-ring (bicyclic) bond motifs is 1. The van der Waals surface area contributed by atoms with Crippen molar-refractivity contribution in [2.75, 3.05) is 0 Å². The van der Waals surface area contributed by atoms with E-state index in [0.717, 1.165) is 37.7 Å². The van der Waals surface area contributed by atoms with Crippen LogP contribution in [0.1, 0.15) is 45.4 Å². The van der Waals surface area contributed by atoms with E-state index in [1.54, 1.807) is 0 Å². The molecule has 1 unspecified atom stereocenters. The van der Waals surface area contributed by atoms with Crippen LogP contribution in [0.2, 0.25) is 0 Å². The fourth-order valence-electron chi connectivity index (χ4n) is 2.71. The van der Waals surface area contributed by atoms with Gasteiger partial charge < -0.3 is 10.3 Å². The Morgan fingerprint density at radius 1 is 1.21 bits per heavy atom. The van der Waals surface area contributed by atoms with Crippen LogP contribution in [-0.4, -0.2) is 15.6 Å². The Labute approximate surface area is 115 Å². The third-order valence-corrected chi connectivity index (χ3v) is 3.68. The maximum absolute atomic E-state index is 6.07. The molecule has 104 valence electrons. The normalized spacial score (nSPS) is 13.0. The van der Waals surface area contributed by atoms with Crippen LogP contribution in [0.4, 0.5) is 0 Å². The summed E-state index contributed by atoms with van der Waals surface area (Å²) in [6.07, 6.45) is 5.56. The molecule has 0 saturated carbocycles. The van der Waals surface area contributed by atoms with E-state index in [9.17, 15) is 0 Å². The summed E-state index contributed by atoms with van der Waals surface area (Å²) in [5, 5.41) is 0. The molecule has 0 fully saturated rings. The van der Waals surface area contributed by atoms with Crippen LogP contribution in [0.25, 0.3) is 11.0 Å². The average molecular weight is 259 g/mol. The van der Waals surface area contributed by atoms with Crippen molar-refractivity contribution in [3.8, 4) is 0 Å². The van der Waals surface area contributed by atoms with E-state index in [1.807, 2.05) is 0 Å². The highest BCUT2D eigenvalue weighted by Gasteiger charge is 2.09. The molecule has 0 aliphatic rings. The van der Waals surface area contributed by atoms with Crippen molar-refractivity contribution in [1.82, 2.24) is 9.55 Å². The summed E-state index contributed by atoms with van der Waals surface area (Å²) in [6.45, 7) is 5.35. The lowest BCUT2D eigenvalue weighted by molar-refractivity contribution is 0.530. The molecule has 0 saturated heterocycles.